The molecule has 0 unspecified atom stereocenters. The first-order valence-corrected chi connectivity index (χ1v) is 9.83. The van der Waals surface area contributed by atoms with Crippen LogP contribution in [0.1, 0.15) is 49.4 Å². The molecular weight excluding hydrogens is 354 g/mol. The van der Waals surface area contributed by atoms with Gasteiger partial charge in [0.25, 0.3) is 0 Å². The Morgan fingerprint density at radius 3 is 2.89 bits per heavy atom. The van der Waals surface area contributed by atoms with Crippen LogP contribution < -0.4 is 15.4 Å². The molecular formula is C21H23N5O2. The van der Waals surface area contributed by atoms with Crippen molar-refractivity contribution in [2.24, 2.45) is 0 Å². The Bertz CT molecular complexity index is 1030. The van der Waals surface area contributed by atoms with Gasteiger partial charge in [0.05, 0.1) is 12.3 Å². The standard InChI is InChI=1S/C21H23N5O2/c1-13(17-12-28-18-8-3-2-7-16(17)18)22-21(27)23-15-9-10-19-24-25-20(26(19)11-15)14-5-4-6-14/h2-3,7-11,13-14,17H,4-6,12H2,1H3,(H2,22,23,27)/t13-,17-/m1/s1. The van der Waals surface area contributed by atoms with Gasteiger partial charge in [-0.05, 0) is 38.0 Å². The van der Waals surface area contributed by atoms with Crippen molar-refractivity contribution in [1.29, 1.82) is 0 Å². The summed E-state index contributed by atoms with van der Waals surface area (Å²) in [6, 6.07) is 11.5. The lowest BCUT2D eigenvalue weighted by Crippen LogP contribution is -2.40. The number of hydrogen-bond acceptors (Lipinski definition) is 4. The first kappa shape index (κ1) is 17.0. The lowest BCUT2D eigenvalue weighted by molar-refractivity contribution is 0.244. The number of anilines is 1. The number of aromatic nitrogens is 3. The number of amides is 2. The SMILES string of the molecule is C[C@@H](NC(=O)Nc1ccc2nnc(C3CCC3)n2c1)[C@H]1COc2ccccc21. The number of carbonyl (C=O) groups excluding carboxylic acids is 1. The van der Waals surface area contributed by atoms with Gasteiger partial charge < -0.3 is 15.4 Å². The third-order valence-electron chi connectivity index (χ3n) is 5.86. The van der Waals surface area contributed by atoms with Crippen molar-refractivity contribution in [2.75, 3.05) is 11.9 Å². The van der Waals surface area contributed by atoms with E-state index in [2.05, 4.69) is 26.9 Å². The highest BCUT2D eigenvalue weighted by Gasteiger charge is 2.29. The van der Waals surface area contributed by atoms with E-state index in [-0.39, 0.29) is 18.0 Å². The third kappa shape index (κ3) is 2.96. The van der Waals surface area contributed by atoms with E-state index in [4.69, 9.17) is 4.74 Å². The average molecular weight is 377 g/mol. The average Bonchev–Trinajstić information content (AvgIpc) is 3.25. The second-order valence-electron chi connectivity index (χ2n) is 7.67. The lowest BCUT2D eigenvalue weighted by Gasteiger charge is -2.23. The summed E-state index contributed by atoms with van der Waals surface area (Å²) in [4.78, 5) is 12.5. The zero-order chi connectivity index (χ0) is 19.1. The number of rotatable bonds is 4. The molecule has 7 nitrogen and oxygen atoms in total. The molecule has 28 heavy (non-hydrogen) atoms. The van der Waals surface area contributed by atoms with Gasteiger partial charge in [0, 0.05) is 29.6 Å². The van der Waals surface area contributed by atoms with Crippen LogP contribution in [0.25, 0.3) is 5.65 Å². The number of ether oxygens (including phenoxy) is 1. The highest BCUT2D eigenvalue weighted by molar-refractivity contribution is 5.89. The van der Waals surface area contributed by atoms with E-state index < -0.39 is 0 Å². The molecule has 5 rings (SSSR count). The number of para-hydroxylation sites is 1. The van der Waals surface area contributed by atoms with Gasteiger partial charge in [0.2, 0.25) is 0 Å². The van der Waals surface area contributed by atoms with Crippen LogP contribution in [0.4, 0.5) is 10.5 Å². The molecule has 2 aliphatic rings. The molecule has 1 aliphatic carbocycles. The van der Waals surface area contributed by atoms with Gasteiger partial charge in [-0.25, -0.2) is 4.79 Å². The summed E-state index contributed by atoms with van der Waals surface area (Å²) in [7, 11) is 0. The zero-order valence-corrected chi connectivity index (χ0v) is 15.8. The van der Waals surface area contributed by atoms with E-state index in [1.165, 1.54) is 6.42 Å². The number of pyridine rings is 1. The Hall–Kier alpha value is -3.09. The molecule has 3 heterocycles. The topological polar surface area (TPSA) is 80.5 Å². The molecule has 144 valence electrons. The Kier molecular flexibility index (Phi) is 4.15. The van der Waals surface area contributed by atoms with Crippen LogP contribution >= 0.6 is 0 Å². The van der Waals surface area contributed by atoms with Gasteiger partial charge in [-0.1, -0.05) is 24.6 Å². The largest absolute Gasteiger partial charge is 0.493 e. The Balaban J connectivity index is 1.28. The fourth-order valence-corrected chi connectivity index (χ4v) is 4.00. The number of urea groups is 1. The van der Waals surface area contributed by atoms with Crippen LogP contribution in [0.2, 0.25) is 0 Å². The summed E-state index contributed by atoms with van der Waals surface area (Å²) in [6.07, 6.45) is 5.45. The van der Waals surface area contributed by atoms with E-state index in [1.807, 2.05) is 47.9 Å². The molecule has 3 aromatic rings. The zero-order valence-electron chi connectivity index (χ0n) is 15.8. The summed E-state index contributed by atoms with van der Waals surface area (Å²) >= 11 is 0. The van der Waals surface area contributed by atoms with Crippen molar-refractivity contribution >= 4 is 17.4 Å². The van der Waals surface area contributed by atoms with Gasteiger partial charge in [-0.2, -0.15) is 0 Å². The van der Waals surface area contributed by atoms with E-state index in [0.29, 0.717) is 12.5 Å². The van der Waals surface area contributed by atoms with E-state index >= 15 is 0 Å². The van der Waals surface area contributed by atoms with Crippen molar-refractivity contribution in [3.05, 3.63) is 54.0 Å². The normalized spacial score (nSPS) is 19.5. The number of fused-ring (bicyclic) bond motifs is 2. The molecule has 2 amide bonds. The van der Waals surface area contributed by atoms with Crippen LogP contribution in [0.3, 0.4) is 0 Å². The summed E-state index contributed by atoms with van der Waals surface area (Å²) in [6.45, 7) is 2.59. The predicted octanol–water partition coefficient (Wildman–Crippen LogP) is 3.68. The molecule has 2 N–H and O–H groups in total. The van der Waals surface area contributed by atoms with Crippen molar-refractivity contribution in [3.8, 4) is 5.75 Å². The minimum Gasteiger partial charge on any atom is -0.493 e. The fraction of sp³-hybridized carbons (Fsp3) is 0.381. The molecule has 2 atom stereocenters. The minimum absolute atomic E-state index is 0.0483. The van der Waals surface area contributed by atoms with E-state index in [0.717, 1.165) is 41.3 Å². The van der Waals surface area contributed by atoms with E-state index in [1.54, 1.807) is 0 Å². The molecule has 7 heteroatoms. The number of benzene rings is 1. The van der Waals surface area contributed by atoms with Crippen LogP contribution in [0.15, 0.2) is 42.6 Å². The summed E-state index contributed by atoms with van der Waals surface area (Å²) < 4.78 is 7.72. The highest BCUT2D eigenvalue weighted by atomic mass is 16.5. The van der Waals surface area contributed by atoms with Gasteiger partial charge in [0.15, 0.2) is 5.65 Å². The van der Waals surface area contributed by atoms with Gasteiger partial charge in [-0.3, -0.25) is 4.40 Å². The molecule has 0 saturated heterocycles. The second-order valence-corrected chi connectivity index (χ2v) is 7.67. The number of nitrogens with one attached hydrogen (secondary N) is 2. The summed E-state index contributed by atoms with van der Waals surface area (Å²) in [5.41, 5.74) is 2.67. The van der Waals surface area contributed by atoms with Gasteiger partial charge in [-0.15, -0.1) is 10.2 Å². The molecule has 0 radical (unpaired) electrons. The number of carbonyl (C=O) groups is 1. The lowest BCUT2D eigenvalue weighted by atomic mass is 9.85. The maximum atomic E-state index is 12.5. The first-order valence-electron chi connectivity index (χ1n) is 9.83. The van der Waals surface area contributed by atoms with Crippen LogP contribution in [0.5, 0.6) is 5.75 Å². The third-order valence-corrected chi connectivity index (χ3v) is 5.86. The van der Waals surface area contributed by atoms with E-state index in [9.17, 15) is 4.79 Å². The summed E-state index contributed by atoms with van der Waals surface area (Å²) in [5.74, 6) is 2.51. The van der Waals surface area contributed by atoms with Gasteiger partial charge >= 0.3 is 6.03 Å². The number of hydrogen-bond donors (Lipinski definition) is 2. The predicted molar refractivity (Wildman–Crippen MR) is 106 cm³/mol. The van der Waals surface area contributed by atoms with Crippen LogP contribution in [-0.2, 0) is 0 Å². The maximum absolute atomic E-state index is 12.5. The highest BCUT2D eigenvalue weighted by Crippen LogP contribution is 2.36. The van der Waals surface area contributed by atoms with Crippen molar-refractivity contribution < 1.29 is 9.53 Å². The molecule has 1 saturated carbocycles. The fourth-order valence-electron chi connectivity index (χ4n) is 4.00. The van der Waals surface area contributed by atoms with Gasteiger partial charge in [0.1, 0.15) is 11.6 Å². The molecule has 1 aliphatic heterocycles. The molecule has 0 bridgehead atoms. The molecule has 0 spiro atoms. The van der Waals surface area contributed by atoms with Crippen molar-refractivity contribution in [1.82, 2.24) is 19.9 Å². The van der Waals surface area contributed by atoms with Crippen LogP contribution in [0, 0.1) is 0 Å². The monoisotopic (exact) mass is 377 g/mol. The summed E-state index contributed by atoms with van der Waals surface area (Å²) in [5, 5.41) is 14.5. The minimum atomic E-state index is -0.227. The Labute approximate surface area is 163 Å². The first-order chi connectivity index (χ1) is 13.7. The molecule has 1 fully saturated rings. The smallest absolute Gasteiger partial charge is 0.319 e. The van der Waals surface area contributed by atoms with Crippen molar-refractivity contribution in [3.63, 3.8) is 0 Å². The second kappa shape index (κ2) is 6.82. The maximum Gasteiger partial charge on any atom is 0.319 e. The van der Waals surface area contributed by atoms with Crippen molar-refractivity contribution in [2.45, 2.75) is 44.1 Å². The Morgan fingerprint density at radius 2 is 2.07 bits per heavy atom. The molecule has 2 aromatic heterocycles. The number of nitrogens with zero attached hydrogens (tertiary/aromatic N) is 3. The quantitative estimate of drug-likeness (QED) is 0.727. The van der Waals surface area contributed by atoms with Crippen LogP contribution in [-0.4, -0.2) is 33.3 Å². The molecule has 1 aromatic carbocycles. The Morgan fingerprint density at radius 1 is 1.21 bits per heavy atom.